The van der Waals surface area contributed by atoms with Crippen molar-refractivity contribution in [3.8, 4) is 11.9 Å². The van der Waals surface area contributed by atoms with Crippen molar-refractivity contribution in [3.05, 3.63) is 55.3 Å². The summed E-state index contributed by atoms with van der Waals surface area (Å²) in [5.41, 5.74) is 0.742. The minimum atomic E-state index is -0.452. The van der Waals surface area contributed by atoms with E-state index in [0.29, 0.717) is 26.9 Å². The molecule has 1 aromatic carbocycles. The van der Waals surface area contributed by atoms with Gasteiger partial charge in [0, 0.05) is 17.3 Å². The van der Waals surface area contributed by atoms with Gasteiger partial charge >= 0.3 is 0 Å². The van der Waals surface area contributed by atoms with E-state index in [4.69, 9.17) is 23.2 Å². The first-order valence-corrected chi connectivity index (χ1v) is 9.07. The number of pyridine rings is 1. The van der Waals surface area contributed by atoms with Crippen molar-refractivity contribution in [2.75, 3.05) is 0 Å². The number of aliphatic imine (C=N–C) groups is 1. The molecule has 0 aliphatic heterocycles. The van der Waals surface area contributed by atoms with Gasteiger partial charge in [-0.15, -0.1) is 0 Å². The number of nitriles is 1. The molecule has 1 aliphatic rings. The summed E-state index contributed by atoms with van der Waals surface area (Å²) < 4.78 is 1.33. The lowest BCUT2D eigenvalue weighted by molar-refractivity contribution is 0.368. The molecule has 2 aromatic rings. The summed E-state index contributed by atoms with van der Waals surface area (Å²) in [5.74, 6) is -0.166. The quantitative estimate of drug-likeness (QED) is 0.757. The molecule has 0 unspecified atom stereocenters. The van der Waals surface area contributed by atoms with E-state index in [1.54, 1.807) is 25.1 Å². The molecule has 26 heavy (non-hydrogen) atoms. The van der Waals surface area contributed by atoms with Gasteiger partial charge in [-0.1, -0.05) is 36.0 Å². The molecule has 0 spiro atoms. The first-order valence-electron chi connectivity index (χ1n) is 8.31. The molecule has 134 valence electrons. The summed E-state index contributed by atoms with van der Waals surface area (Å²) in [6, 6.07) is 6.74. The van der Waals surface area contributed by atoms with Crippen LogP contribution < -0.4 is 5.56 Å². The molecule has 1 heterocycles. The zero-order valence-corrected chi connectivity index (χ0v) is 15.7. The monoisotopic (exact) mass is 389 g/mol. The minimum absolute atomic E-state index is 0.0216. The van der Waals surface area contributed by atoms with Gasteiger partial charge in [-0.25, -0.2) is 0 Å². The van der Waals surface area contributed by atoms with Gasteiger partial charge in [0.25, 0.3) is 5.56 Å². The second-order valence-electron chi connectivity index (χ2n) is 6.32. The average molecular weight is 390 g/mol. The van der Waals surface area contributed by atoms with Crippen LogP contribution in [0, 0.1) is 18.3 Å². The van der Waals surface area contributed by atoms with Crippen LogP contribution in [0.1, 0.15) is 48.4 Å². The minimum Gasteiger partial charge on any atom is -0.494 e. The summed E-state index contributed by atoms with van der Waals surface area (Å²) in [5, 5.41) is 21.0. The predicted octanol–water partition coefficient (Wildman–Crippen LogP) is 4.91. The molecule has 1 N–H and O–H groups in total. The largest absolute Gasteiger partial charge is 0.494 e. The Morgan fingerprint density at radius 3 is 2.69 bits per heavy atom. The second kappa shape index (κ2) is 7.53. The molecule has 0 radical (unpaired) electrons. The maximum Gasteiger partial charge on any atom is 0.271 e. The van der Waals surface area contributed by atoms with Crippen LogP contribution >= 0.6 is 23.2 Å². The maximum absolute atomic E-state index is 12.7. The Balaban J connectivity index is 2.16. The SMILES string of the molecule is Cc1c(C=Nc2cc(Cl)ccc2Cl)c(O)n(C2CCCC2)c(=O)c1C#N. The Hall–Kier alpha value is -2.29. The molecule has 1 fully saturated rings. The Morgan fingerprint density at radius 2 is 2.04 bits per heavy atom. The third-order valence-corrected chi connectivity index (χ3v) is 5.28. The molecule has 0 atom stereocenters. The molecule has 1 saturated carbocycles. The van der Waals surface area contributed by atoms with Crippen LogP contribution in [-0.2, 0) is 0 Å². The lowest BCUT2D eigenvalue weighted by Crippen LogP contribution is -2.28. The number of rotatable bonds is 3. The van der Waals surface area contributed by atoms with Crippen molar-refractivity contribution in [2.45, 2.75) is 38.6 Å². The summed E-state index contributed by atoms with van der Waals surface area (Å²) in [4.78, 5) is 17.0. The van der Waals surface area contributed by atoms with Gasteiger partial charge in [-0.05, 0) is 43.5 Å². The van der Waals surface area contributed by atoms with Gasteiger partial charge in [0.1, 0.15) is 11.6 Å². The molecular formula is C19H17Cl2N3O2. The predicted molar refractivity (Wildman–Crippen MR) is 103 cm³/mol. The number of nitrogens with zero attached hydrogens (tertiary/aromatic N) is 3. The number of hydrogen-bond acceptors (Lipinski definition) is 4. The Bertz CT molecular complexity index is 984. The van der Waals surface area contributed by atoms with Gasteiger partial charge in [-0.2, -0.15) is 5.26 Å². The van der Waals surface area contributed by atoms with E-state index < -0.39 is 5.56 Å². The Labute approximate surface area is 161 Å². The van der Waals surface area contributed by atoms with Crippen LogP contribution in [0.4, 0.5) is 5.69 Å². The van der Waals surface area contributed by atoms with E-state index >= 15 is 0 Å². The smallest absolute Gasteiger partial charge is 0.271 e. The number of aromatic nitrogens is 1. The number of hydrogen-bond donors (Lipinski definition) is 1. The molecule has 0 saturated heterocycles. The van der Waals surface area contributed by atoms with Crippen LogP contribution in [0.15, 0.2) is 28.0 Å². The van der Waals surface area contributed by atoms with Crippen molar-refractivity contribution < 1.29 is 5.11 Å². The fraction of sp³-hybridized carbons (Fsp3) is 0.316. The van der Waals surface area contributed by atoms with Gasteiger partial charge in [0.05, 0.1) is 16.3 Å². The maximum atomic E-state index is 12.7. The van der Waals surface area contributed by atoms with E-state index in [2.05, 4.69) is 4.99 Å². The molecule has 5 nitrogen and oxygen atoms in total. The lowest BCUT2D eigenvalue weighted by Gasteiger charge is -2.19. The zero-order chi connectivity index (χ0) is 18.8. The number of aromatic hydroxyl groups is 1. The lowest BCUT2D eigenvalue weighted by atomic mass is 10.0. The third-order valence-electron chi connectivity index (χ3n) is 4.72. The molecule has 0 bridgehead atoms. The van der Waals surface area contributed by atoms with Crippen molar-refractivity contribution in [3.63, 3.8) is 0 Å². The fourth-order valence-electron chi connectivity index (χ4n) is 3.32. The molecular weight excluding hydrogens is 373 g/mol. The van der Waals surface area contributed by atoms with Crippen LogP contribution in [0.3, 0.4) is 0 Å². The van der Waals surface area contributed by atoms with Crippen LogP contribution in [-0.4, -0.2) is 15.9 Å². The molecule has 3 rings (SSSR count). The highest BCUT2D eigenvalue weighted by Gasteiger charge is 2.25. The van der Waals surface area contributed by atoms with Gasteiger partial charge < -0.3 is 5.11 Å². The van der Waals surface area contributed by atoms with Crippen LogP contribution in [0.25, 0.3) is 0 Å². The van der Waals surface area contributed by atoms with Crippen molar-refractivity contribution in [2.24, 2.45) is 4.99 Å². The summed E-state index contributed by atoms with van der Waals surface area (Å²) in [6.07, 6.45) is 5.02. The Kier molecular flexibility index (Phi) is 5.36. The van der Waals surface area contributed by atoms with Crippen molar-refractivity contribution in [1.82, 2.24) is 4.57 Å². The molecule has 7 heteroatoms. The summed E-state index contributed by atoms with van der Waals surface area (Å²) in [7, 11) is 0. The molecule has 1 aliphatic carbocycles. The van der Waals surface area contributed by atoms with E-state index in [1.165, 1.54) is 10.8 Å². The Morgan fingerprint density at radius 1 is 1.35 bits per heavy atom. The zero-order valence-electron chi connectivity index (χ0n) is 14.2. The standard InChI is InChI=1S/C19H17Cl2N3O2/c1-11-14(9-22)18(25)24(13-4-2-3-5-13)19(26)15(11)10-23-17-8-12(20)6-7-16(17)21/h6-8,10,13,26H,2-5H2,1H3. The molecule has 0 amide bonds. The summed E-state index contributed by atoms with van der Waals surface area (Å²) >= 11 is 12.1. The number of halogens is 2. The van der Waals surface area contributed by atoms with Gasteiger partial charge in [0.2, 0.25) is 5.88 Å². The first-order chi connectivity index (χ1) is 12.4. The fourth-order valence-corrected chi connectivity index (χ4v) is 3.65. The normalized spacial score (nSPS) is 14.8. The van der Waals surface area contributed by atoms with Gasteiger partial charge in [-0.3, -0.25) is 14.4 Å². The van der Waals surface area contributed by atoms with Gasteiger partial charge in [0.15, 0.2) is 0 Å². The highest BCUT2D eigenvalue weighted by Crippen LogP contribution is 2.34. The topological polar surface area (TPSA) is 78.4 Å². The first kappa shape index (κ1) is 18.5. The molecule has 1 aromatic heterocycles. The van der Waals surface area contributed by atoms with Crippen molar-refractivity contribution in [1.29, 1.82) is 5.26 Å². The number of benzene rings is 1. The second-order valence-corrected chi connectivity index (χ2v) is 7.16. The summed E-state index contributed by atoms with van der Waals surface area (Å²) in [6.45, 7) is 1.62. The third kappa shape index (κ3) is 3.35. The van der Waals surface area contributed by atoms with E-state index in [0.717, 1.165) is 25.7 Å². The van der Waals surface area contributed by atoms with Crippen LogP contribution in [0.5, 0.6) is 5.88 Å². The van der Waals surface area contributed by atoms with E-state index in [1.807, 2.05) is 6.07 Å². The highest BCUT2D eigenvalue weighted by atomic mass is 35.5. The van der Waals surface area contributed by atoms with E-state index in [-0.39, 0.29) is 17.5 Å². The highest BCUT2D eigenvalue weighted by molar-refractivity contribution is 6.35. The van der Waals surface area contributed by atoms with Crippen LogP contribution in [0.2, 0.25) is 10.0 Å². The average Bonchev–Trinajstić information content (AvgIpc) is 3.12. The van der Waals surface area contributed by atoms with Crippen molar-refractivity contribution >= 4 is 35.1 Å². The van der Waals surface area contributed by atoms with E-state index in [9.17, 15) is 15.2 Å².